The van der Waals surface area contributed by atoms with Crippen LogP contribution < -0.4 is 5.73 Å². The Balaban J connectivity index is 1.70. The molecule has 2 N–H and O–H groups in total. The Bertz CT molecular complexity index is 169. The van der Waals surface area contributed by atoms with E-state index in [1.807, 2.05) is 0 Å². The van der Waals surface area contributed by atoms with Gasteiger partial charge in [-0.1, -0.05) is 12.8 Å². The average molecular weight is 197 g/mol. The van der Waals surface area contributed by atoms with Crippen LogP contribution in [0.15, 0.2) is 0 Å². The third-order valence-electron chi connectivity index (χ3n) is 3.90. The van der Waals surface area contributed by atoms with E-state index in [1.165, 1.54) is 51.4 Å². The normalized spacial score (nSPS) is 31.9. The highest BCUT2D eigenvalue weighted by molar-refractivity contribution is 4.89. The maximum atomic E-state index is 6.34. The third-order valence-corrected chi connectivity index (χ3v) is 3.90. The van der Waals surface area contributed by atoms with Crippen LogP contribution in [0.1, 0.15) is 51.4 Å². The van der Waals surface area contributed by atoms with E-state index in [4.69, 9.17) is 10.5 Å². The minimum absolute atomic E-state index is 0.192. The van der Waals surface area contributed by atoms with E-state index in [0.717, 1.165) is 19.1 Å². The quantitative estimate of drug-likeness (QED) is 0.754. The van der Waals surface area contributed by atoms with Crippen molar-refractivity contribution in [2.24, 2.45) is 11.7 Å². The van der Waals surface area contributed by atoms with Gasteiger partial charge in [-0.05, 0) is 44.4 Å². The molecule has 0 aromatic carbocycles. The first-order valence-corrected chi connectivity index (χ1v) is 6.15. The van der Waals surface area contributed by atoms with Gasteiger partial charge >= 0.3 is 0 Å². The van der Waals surface area contributed by atoms with Crippen molar-refractivity contribution in [3.63, 3.8) is 0 Å². The van der Waals surface area contributed by atoms with Crippen LogP contribution in [-0.4, -0.2) is 18.8 Å². The molecule has 0 bridgehead atoms. The van der Waals surface area contributed by atoms with Crippen molar-refractivity contribution in [1.29, 1.82) is 0 Å². The second-order valence-corrected chi connectivity index (χ2v) is 5.19. The molecule has 2 aliphatic rings. The van der Waals surface area contributed by atoms with Gasteiger partial charge in [-0.3, -0.25) is 0 Å². The standard InChI is InChI=1S/C12H23NO/c13-12(6-1-2-7-12)8-5-11-4-3-9-14-10-11/h11H,1-10,13H2. The van der Waals surface area contributed by atoms with E-state index in [9.17, 15) is 0 Å². The summed E-state index contributed by atoms with van der Waals surface area (Å²) < 4.78 is 5.49. The number of ether oxygens (including phenoxy) is 1. The van der Waals surface area contributed by atoms with E-state index >= 15 is 0 Å². The van der Waals surface area contributed by atoms with E-state index in [-0.39, 0.29) is 5.54 Å². The zero-order valence-electron chi connectivity index (χ0n) is 9.13. The molecule has 0 aromatic rings. The Morgan fingerprint density at radius 1 is 1.21 bits per heavy atom. The lowest BCUT2D eigenvalue weighted by Gasteiger charge is -2.28. The second-order valence-electron chi connectivity index (χ2n) is 5.19. The summed E-state index contributed by atoms with van der Waals surface area (Å²) in [5.74, 6) is 0.796. The fourth-order valence-corrected chi connectivity index (χ4v) is 2.86. The molecule has 1 saturated carbocycles. The monoisotopic (exact) mass is 197 g/mol. The topological polar surface area (TPSA) is 35.2 Å². The highest BCUT2D eigenvalue weighted by Crippen LogP contribution is 2.33. The first-order chi connectivity index (χ1) is 6.79. The number of hydrogen-bond donors (Lipinski definition) is 1. The maximum Gasteiger partial charge on any atom is 0.0494 e. The molecule has 1 heterocycles. The molecule has 0 spiro atoms. The van der Waals surface area contributed by atoms with E-state index in [0.29, 0.717) is 0 Å². The van der Waals surface area contributed by atoms with Crippen molar-refractivity contribution in [1.82, 2.24) is 0 Å². The third kappa shape index (κ3) is 2.71. The van der Waals surface area contributed by atoms with Crippen LogP contribution in [0.2, 0.25) is 0 Å². The predicted octanol–water partition coefficient (Wildman–Crippen LogP) is 2.46. The molecule has 2 nitrogen and oxygen atoms in total. The van der Waals surface area contributed by atoms with Gasteiger partial charge in [0.05, 0.1) is 0 Å². The maximum absolute atomic E-state index is 6.34. The summed E-state index contributed by atoms with van der Waals surface area (Å²) in [4.78, 5) is 0. The summed E-state index contributed by atoms with van der Waals surface area (Å²) in [6, 6.07) is 0. The van der Waals surface area contributed by atoms with Gasteiger partial charge in [-0.25, -0.2) is 0 Å². The molecule has 0 aromatic heterocycles. The van der Waals surface area contributed by atoms with Gasteiger partial charge in [0.2, 0.25) is 0 Å². The largest absolute Gasteiger partial charge is 0.381 e. The molecule has 0 radical (unpaired) electrons. The van der Waals surface area contributed by atoms with Crippen molar-refractivity contribution in [3.8, 4) is 0 Å². The zero-order valence-corrected chi connectivity index (χ0v) is 9.13. The SMILES string of the molecule is NC1(CCC2CCCOC2)CCCC1. The lowest BCUT2D eigenvalue weighted by Crippen LogP contribution is -2.37. The summed E-state index contributed by atoms with van der Waals surface area (Å²) in [6.07, 6.45) is 10.3. The summed E-state index contributed by atoms with van der Waals surface area (Å²) in [5.41, 5.74) is 6.53. The predicted molar refractivity (Wildman–Crippen MR) is 58.2 cm³/mol. The Hall–Kier alpha value is -0.0800. The molecule has 2 fully saturated rings. The molecular formula is C12H23NO. The summed E-state index contributed by atoms with van der Waals surface area (Å²) in [7, 11) is 0. The van der Waals surface area contributed by atoms with Gasteiger partial charge in [-0.15, -0.1) is 0 Å². The fourth-order valence-electron chi connectivity index (χ4n) is 2.86. The van der Waals surface area contributed by atoms with Crippen LogP contribution in [0.5, 0.6) is 0 Å². The highest BCUT2D eigenvalue weighted by Gasteiger charge is 2.29. The summed E-state index contributed by atoms with van der Waals surface area (Å²) in [6.45, 7) is 1.96. The molecule has 1 aliphatic heterocycles. The first-order valence-electron chi connectivity index (χ1n) is 6.15. The molecule has 2 rings (SSSR count). The Morgan fingerprint density at radius 3 is 2.64 bits per heavy atom. The Morgan fingerprint density at radius 2 is 2.00 bits per heavy atom. The van der Waals surface area contributed by atoms with Crippen molar-refractivity contribution in [2.45, 2.75) is 56.9 Å². The van der Waals surface area contributed by atoms with Gasteiger partial charge in [-0.2, -0.15) is 0 Å². The van der Waals surface area contributed by atoms with E-state index < -0.39 is 0 Å². The summed E-state index contributed by atoms with van der Waals surface area (Å²) >= 11 is 0. The van der Waals surface area contributed by atoms with Crippen molar-refractivity contribution < 1.29 is 4.74 Å². The van der Waals surface area contributed by atoms with E-state index in [1.54, 1.807) is 0 Å². The number of hydrogen-bond acceptors (Lipinski definition) is 2. The van der Waals surface area contributed by atoms with Gasteiger partial charge in [0, 0.05) is 18.8 Å². The van der Waals surface area contributed by atoms with Crippen LogP contribution in [0.25, 0.3) is 0 Å². The highest BCUT2D eigenvalue weighted by atomic mass is 16.5. The minimum Gasteiger partial charge on any atom is -0.381 e. The summed E-state index contributed by atoms with van der Waals surface area (Å²) in [5, 5.41) is 0. The lowest BCUT2D eigenvalue weighted by molar-refractivity contribution is 0.0485. The van der Waals surface area contributed by atoms with Crippen LogP contribution >= 0.6 is 0 Å². The Labute approximate surface area is 87.2 Å². The first kappa shape index (κ1) is 10.4. The molecule has 1 unspecified atom stereocenters. The Kier molecular flexibility index (Phi) is 3.45. The lowest BCUT2D eigenvalue weighted by atomic mass is 9.87. The van der Waals surface area contributed by atoms with Crippen molar-refractivity contribution >= 4 is 0 Å². The molecule has 82 valence electrons. The smallest absolute Gasteiger partial charge is 0.0494 e. The van der Waals surface area contributed by atoms with Gasteiger partial charge < -0.3 is 10.5 Å². The van der Waals surface area contributed by atoms with Crippen LogP contribution in [0, 0.1) is 5.92 Å². The van der Waals surface area contributed by atoms with Crippen LogP contribution in [0.3, 0.4) is 0 Å². The molecule has 14 heavy (non-hydrogen) atoms. The second kappa shape index (κ2) is 4.63. The molecule has 1 saturated heterocycles. The average Bonchev–Trinajstić information content (AvgIpc) is 2.65. The van der Waals surface area contributed by atoms with Crippen molar-refractivity contribution in [3.05, 3.63) is 0 Å². The minimum atomic E-state index is 0.192. The van der Waals surface area contributed by atoms with Crippen LogP contribution in [-0.2, 0) is 4.74 Å². The number of nitrogens with two attached hydrogens (primary N) is 1. The van der Waals surface area contributed by atoms with Gasteiger partial charge in [0.1, 0.15) is 0 Å². The van der Waals surface area contributed by atoms with Crippen molar-refractivity contribution in [2.75, 3.05) is 13.2 Å². The molecule has 1 atom stereocenters. The van der Waals surface area contributed by atoms with Gasteiger partial charge in [0.25, 0.3) is 0 Å². The molecular weight excluding hydrogens is 174 g/mol. The fraction of sp³-hybridized carbons (Fsp3) is 1.00. The van der Waals surface area contributed by atoms with Crippen LogP contribution in [0.4, 0.5) is 0 Å². The molecule has 2 heteroatoms. The number of rotatable bonds is 3. The zero-order chi connectivity index (χ0) is 9.86. The molecule has 1 aliphatic carbocycles. The van der Waals surface area contributed by atoms with E-state index in [2.05, 4.69) is 0 Å². The molecule has 0 amide bonds. The van der Waals surface area contributed by atoms with Gasteiger partial charge in [0.15, 0.2) is 0 Å².